The zero-order chi connectivity index (χ0) is 16.1. The summed E-state index contributed by atoms with van der Waals surface area (Å²) in [4.78, 5) is 16.2. The molecular weight excluding hydrogens is 312 g/mol. The van der Waals surface area contributed by atoms with Crippen LogP contribution < -0.4 is 5.32 Å². The van der Waals surface area contributed by atoms with Gasteiger partial charge in [0.25, 0.3) is 0 Å². The van der Waals surface area contributed by atoms with Gasteiger partial charge in [-0.1, -0.05) is 31.0 Å². The van der Waals surface area contributed by atoms with E-state index in [0.717, 1.165) is 31.2 Å². The number of rotatable bonds is 6. The fourth-order valence-electron chi connectivity index (χ4n) is 2.79. The van der Waals surface area contributed by atoms with Gasteiger partial charge in [0, 0.05) is 22.4 Å². The van der Waals surface area contributed by atoms with Crippen molar-refractivity contribution in [2.45, 2.75) is 37.5 Å². The van der Waals surface area contributed by atoms with Crippen molar-refractivity contribution in [1.82, 2.24) is 10.3 Å². The molecule has 0 aliphatic heterocycles. The Morgan fingerprint density at radius 2 is 2.00 bits per heavy atom. The third kappa shape index (κ3) is 4.51. The van der Waals surface area contributed by atoms with Gasteiger partial charge < -0.3 is 9.73 Å². The predicted octanol–water partition coefficient (Wildman–Crippen LogP) is 2.65. The zero-order valence-electron chi connectivity index (χ0n) is 12.9. The Morgan fingerprint density at radius 3 is 2.74 bits per heavy atom. The van der Waals surface area contributed by atoms with E-state index in [4.69, 9.17) is 4.42 Å². The standard InChI is InChI=1S/C17H20N2O3S/c20-16(18-14-8-4-5-9-14)12-23(21)11-15-10-22-17(19-15)13-6-2-1-3-7-13/h1-3,6-7,10,14H,4-5,8-9,11-12H2,(H,18,20)/t23-/m1/s1. The minimum Gasteiger partial charge on any atom is -0.444 e. The molecule has 1 atom stereocenters. The fraction of sp³-hybridized carbons (Fsp3) is 0.412. The summed E-state index contributed by atoms with van der Waals surface area (Å²) >= 11 is 0. The third-order valence-electron chi connectivity index (χ3n) is 3.89. The maximum Gasteiger partial charge on any atom is 0.232 e. The van der Waals surface area contributed by atoms with Gasteiger partial charge in [-0.25, -0.2) is 4.98 Å². The van der Waals surface area contributed by atoms with Crippen LogP contribution in [0.4, 0.5) is 0 Å². The second kappa shape index (κ2) is 7.55. The molecule has 0 unspecified atom stereocenters. The molecule has 1 aromatic carbocycles. The van der Waals surface area contributed by atoms with Crippen LogP contribution >= 0.6 is 0 Å². The number of carbonyl (C=O) groups is 1. The second-order valence-electron chi connectivity index (χ2n) is 5.79. The van der Waals surface area contributed by atoms with Crippen LogP contribution in [0.2, 0.25) is 0 Å². The molecule has 122 valence electrons. The topological polar surface area (TPSA) is 72.2 Å². The number of carbonyl (C=O) groups excluding carboxylic acids is 1. The van der Waals surface area contributed by atoms with Gasteiger partial charge in [-0.3, -0.25) is 9.00 Å². The molecular formula is C17H20N2O3S. The quantitative estimate of drug-likeness (QED) is 0.883. The lowest BCUT2D eigenvalue weighted by Gasteiger charge is -2.11. The highest BCUT2D eigenvalue weighted by atomic mass is 32.2. The summed E-state index contributed by atoms with van der Waals surface area (Å²) < 4.78 is 17.5. The van der Waals surface area contributed by atoms with Crippen LogP contribution in [-0.2, 0) is 21.3 Å². The minimum atomic E-state index is -1.28. The number of hydrogen-bond donors (Lipinski definition) is 1. The van der Waals surface area contributed by atoms with Crippen LogP contribution in [-0.4, -0.2) is 26.9 Å². The van der Waals surface area contributed by atoms with Crippen LogP contribution in [0.1, 0.15) is 31.4 Å². The van der Waals surface area contributed by atoms with E-state index in [1.165, 1.54) is 6.26 Å². The van der Waals surface area contributed by atoms with Crippen LogP contribution in [0, 0.1) is 0 Å². The highest BCUT2D eigenvalue weighted by Crippen LogP contribution is 2.19. The van der Waals surface area contributed by atoms with Crippen LogP contribution in [0.3, 0.4) is 0 Å². The average Bonchev–Trinajstić information content (AvgIpc) is 3.20. The molecule has 1 fully saturated rings. The van der Waals surface area contributed by atoms with Gasteiger partial charge in [-0.2, -0.15) is 0 Å². The lowest BCUT2D eigenvalue weighted by atomic mass is 10.2. The summed E-state index contributed by atoms with van der Waals surface area (Å²) in [7, 11) is -1.28. The van der Waals surface area contributed by atoms with E-state index in [2.05, 4.69) is 10.3 Å². The highest BCUT2D eigenvalue weighted by molar-refractivity contribution is 7.84. The molecule has 1 amide bonds. The number of nitrogens with zero attached hydrogens (tertiary/aromatic N) is 1. The molecule has 1 heterocycles. The summed E-state index contributed by atoms with van der Waals surface area (Å²) in [6, 6.07) is 9.81. The second-order valence-corrected chi connectivity index (χ2v) is 7.24. The van der Waals surface area contributed by atoms with E-state index in [1.807, 2.05) is 30.3 Å². The van der Waals surface area contributed by atoms with Gasteiger partial charge in [-0.15, -0.1) is 0 Å². The first-order valence-corrected chi connectivity index (χ1v) is 9.33. The van der Waals surface area contributed by atoms with Crippen LogP contribution in [0.5, 0.6) is 0 Å². The Balaban J connectivity index is 1.52. The molecule has 0 saturated heterocycles. The van der Waals surface area contributed by atoms with Gasteiger partial charge in [-0.05, 0) is 25.0 Å². The molecule has 2 aromatic rings. The van der Waals surface area contributed by atoms with Gasteiger partial charge in [0.2, 0.25) is 11.8 Å². The van der Waals surface area contributed by atoms with Gasteiger partial charge in [0.05, 0.1) is 11.4 Å². The Kier molecular flexibility index (Phi) is 5.23. The smallest absolute Gasteiger partial charge is 0.232 e. The fourth-order valence-corrected chi connectivity index (χ4v) is 3.73. The number of benzene rings is 1. The molecule has 0 bridgehead atoms. The van der Waals surface area contributed by atoms with Crippen LogP contribution in [0.25, 0.3) is 11.5 Å². The molecule has 1 N–H and O–H groups in total. The van der Waals surface area contributed by atoms with Gasteiger partial charge in [0.1, 0.15) is 12.0 Å². The normalized spacial score (nSPS) is 16.3. The van der Waals surface area contributed by atoms with Crippen molar-refractivity contribution in [1.29, 1.82) is 0 Å². The van der Waals surface area contributed by atoms with E-state index in [9.17, 15) is 9.00 Å². The molecule has 5 nitrogen and oxygen atoms in total. The SMILES string of the molecule is O=C(C[S@](=O)Cc1coc(-c2ccccc2)n1)NC1CCCC1. The lowest BCUT2D eigenvalue weighted by Crippen LogP contribution is -2.35. The first-order chi connectivity index (χ1) is 11.2. The Hall–Kier alpha value is -1.95. The molecule has 0 spiro atoms. The van der Waals surface area contributed by atoms with Crippen molar-refractivity contribution in [2.24, 2.45) is 0 Å². The Bertz CT molecular complexity index is 678. The minimum absolute atomic E-state index is 0.0179. The highest BCUT2D eigenvalue weighted by Gasteiger charge is 2.19. The molecule has 1 aliphatic rings. The van der Waals surface area contributed by atoms with Gasteiger partial charge in [0.15, 0.2) is 0 Å². The number of oxazole rings is 1. The molecule has 6 heteroatoms. The van der Waals surface area contributed by atoms with Crippen molar-refractivity contribution in [3.8, 4) is 11.5 Å². The number of hydrogen-bond acceptors (Lipinski definition) is 4. The van der Waals surface area contributed by atoms with E-state index in [0.29, 0.717) is 11.6 Å². The number of aromatic nitrogens is 1. The maximum atomic E-state index is 12.1. The van der Waals surface area contributed by atoms with E-state index >= 15 is 0 Å². The summed E-state index contributed by atoms with van der Waals surface area (Å²) in [5.41, 5.74) is 1.49. The van der Waals surface area contributed by atoms with E-state index in [-0.39, 0.29) is 23.5 Å². The van der Waals surface area contributed by atoms with Crippen molar-refractivity contribution in [3.63, 3.8) is 0 Å². The van der Waals surface area contributed by atoms with Crippen molar-refractivity contribution in [3.05, 3.63) is 42.3 Å². The third-order valence-corrected chi connectivity index (χ3v) is 5.10. The maximum absolute atomic E-state index is 12.1. The van der Waals surface area contributed by atoms with Crippen molar-refractivity contribution < 1.29 is 13.4 Å². The Morgan fingerprint density at radius 1 is 1.26 bits per heavy atom. The number of amides is 1. The molecule has 1 saturated carbocycles. The molecule has 3 rings (SSSR count). The summed E-state index contributed by atoms with van der Waals surface area (Å²) in [5, 5.41) is 2.95. The Labute approximate surface area is 138 Å². The van der Waals surface area contributed by atoms with Crippen molar-refractivity contribution >= 4 is 16.7 Å². The molecule has 23 heavy (non-hydrogen) atoms. The summed E-state index contributed by atoms with van der Waals surface area (Å²) in [6.45, 7) is 0. The predicted molar refractivity (Wildman–Crippen MR) is 89.1 cm³/mol. The summed E-state index contributed by atoms with van der Waals surface area (Å²) in [5.74, 6) is 0.619. The van der Waals surface area contributed by atoms with Crippen molar-refractivity contribution in [2.75, 3.05) is 5.75 Å². The first-order valence-electron chi connectivity index (χ1n) is 7.85. The molecule has 0 radical (unpaired) electrons. The van der Waals surface area contributed by atoms with Gasteiger partial charge >= 0.3 is 0 Å². The molecule has 1 aliphatic carbocycles. The zero-order valence-corrected chi connectivity index (χ0v) is 13.7. The average molecular weight is 332 g/mol. The largest absolute Gasteiger partial charge is 0.444 e. The van der Waals surface area contributed by atoms with E-state index in [1.54, 1.807) is 0 Å². The first kappa shape index (κ1) is 15.9. The van der Waals surface area contributed by atoms with Crippen LogP contribution in [0.15, 0.2) is 41.0 Å². The number of nitrogens with one attached hydrogen (secondary N) is 1. The monoisotopic (exact) mass is 332 g/mol. The van der Waals surface area contributed by atoms with E-state index < -0.39 is 10.8 Å². The lowest BCUT2D eigenvalue weighted by molar-refractivity contribution is -0.119. The summed E-state index contributed by atoms with van der Waals surface area (Å²) in [6.07, 6.45) is 5.89. The molecule has 1 aromatic heterocycles.